The second kappa shape index (κ2) is 6.06. The smallest absolute Gasteiger partial charge is 0.254 e. The minimum Gasteiger partial charge on any atom is -0.332 e. The SMILES string of the molecule is O=C(c1ccccc1)N1CCCC1C=Cc1cccs1. The fourth-order valence-corrected chi connectivity index (χ4v) is 3.21. The largest absolute Gasteiger partial charge is 0.332 e. The molecule has 1 fully saturated rings. The van der Waals surface area contributed by atoms with E-state index >= 15 is 0 Å². The molecule has 0 aliphatic carbocycles. The molecule has 1 unspecified atom stereocenters. The molecule has 0 bridgehead atoms. The quantitative estimate of drug-likeness (QED) is 0.831. The van der Waals surface area contributed by atoms with Gasteiger partial charge in [0.2, 0.25) is 0 Å². The summed E-state index contributed by atoms with van der Waals surface area (Å²) in [5.74, 6) is 0.143. The van der Waals surface area contributed by atoms with Crippen LogP contribution in [0.1, 0.15) is 28.1 Å². The van der Waals surface area contributed by atoms with Crippen LogP contribution >= 0.6 is 11.3 Å². The monoisotopic (exact) mass is 283 g/mol. The van der Waals surface area contributed by atoms with Gasteiger partial charge in [0.1, 0.15) is 0 Å². The fraction of sp³-hybridized carbons (Fsp3) is 0.235. The Bertz CT molecular complexity index is 589. The zero-order chi connectivity index (χ0) is 13.8. The maximum atomic E-state index is 12.5. The van der Waals surface area contributed by atoms with Gasteiger partial charge >= 0.3 is 0 Å². The number of hydrogen-bond donors (Lipinski definition) is 0. The van der Waals surface area contributed by atoms with Crippen LogP contribution in [-0.2, 0) is 0 Å². The Morgan fingerprint density at radius 2 is 2.05 bits per heavy atom. The predicted molar refractivity (Wildman–Crippen MR) is 83.9 cm³/mol. The maximum Gasteiger partial charge on any atom is 0.254 e. The molecule has 102 valence electrons. The number of amides is 1. The summed E-state index contributed by atoms with van der Waals surface area (Å²) in [6.45, 7) is 0.854. The number of carbonyl (C=O) groups excluding carboxylic acids is 1. The van der Waals surface area contributed by atoms with Crippen molar-refractivity contribution in [2.75, 3.05) is 6.54 Å². The number of likely N-dealkylation sites (tertiary alicyclic amines) is 1. The van der Waals surface area contributed by atoms with E-state index in [1.54, 1.807) is 11.3 Å². The van der Waals surface area contributed by atoms with Gasteiger partial charge in [-0.2, -0.15) is 0 Å². The van der Waals surface area contributed by atoms with Crippen molar-refractivity contribution in [3.8, 4) is 0 Å². The van der Waals surface area contributed by atoms with Gasteiger partial charge in [0.05, 0.1) is 6.04 Å². The maximum absolute atomic E-state index is 12.5. The van der Waals surface area contributed by atoms with Crippen molar-refractivity contribution in [1.29, 1.82) is 0 Å². The number of carbonyl (C=O) groups is 1. The molecule has 2 heterocycles. The minimum absolute atomic E-state index is 0.143. The number of benzene rings is 1. The third kappa shape index (κ3) is 2.83. The van der Waals surface area contributed by atoms with Crippen molar-refractivity contribution >= 4 is 23.3 Å². The van der Waals surface area contributed by atoms with Gasteiger partial charge in [-0.25, -0.2) is 0 Å². The molecule has 1 atom stereocenters. The molecule has 3 rings (SSSR count). The molecule has 0 saturated carbocycles. The molecule has 1 aromatic heterocycles. The van der Waals surface area contributed by atoms with Crippen LogP contribution < -0.4 is 0 Å². The molecule has 1 aromatic carbocycles. The van der Waals surface area contributed by atoms with E-state index in [0.29, 0.717) is 0 Å². The van der Waals surface area contributed by atoms with Crippen LogP contribution in [0.2, 0.25) is 0 Å². The lowest BCUT2D eigenvalue weighted by Crippen LogP contribution is -2.34. The van der Waals surface area contributed by atoms with E-state index < -0.39 is 0 Å². The van der Waals surface area contributed by atoms with Crippen molar-refractivity contribution in [2.24, 2.45) is 0 Å². The van der Waals surface area contributed by atoms with Crippen molar-refractivity contribution in [1.82, 2.24) is 4.90 Å². The summed E-state index contributed by atoms with van der Waals surface area (Å²) in [4.78, 5) is 15.7. The van der Waals surface area contributed by atoms with Crippen LogP contribution in [0.5, 0.6) is 0 Å². The standard InChI is InChI=1S/C17H17NOS/c19-17(14-6-2-1-3-7-14)18-12-4-8-15(18)10-11-16-9-5-13-20-16/h1-3,5-7,9-11,13,15H,4,8,12H2. The summed E-state index contributed by atoms with van der Waals surface area (Å²) in [5, 5.41) is 2.07. The fourth-order valence-electron chi connectivity index (χ4n) is 2.58. The molecule has 1 saturated heterocycles. The Morgan fingerprint density at radius 1 is 1.20 bits per heavy atom. The first-order valence-corrected chi connectivity index (χ1v) is 7.80. The first-order valence-electron chi connectivity index (χ1n) is 6.92. The third-order valence-corrected chi connectivity index (χ3v) is 4.44. The van der Waals surface area contributed by atoms with E-state index in [1.165, 1.54) is 4.88 Å². The molecule has 2 nitrogen and oxygen atoms in total. The Hall–Kier alpha value is -1.87. The van der Waals surface area contributed by atoms with Gasteiger partial charge in [0, 0.05) is 17.0 Å². The Morgan fingerprint density at radius 3 is 2.80 bits per heavy atom. The zero-order valence-electron chi connectivity index (χ0n) is 11.2. The predicted octanol–water partition coefficient (Wildman–Crippen LogP) is 4.07. The van der Waals surface area contributed by atoms with Gasteiger partial charge in [0.25, 0.3) is 5.91 Å². The summed E-state index contributed by atoms with van der Waals surface area (Å²) in [6.07, 6.45) is 6.43. The lowest BCUT2D eigenvalue weighted by atomic mass is 10.1. The van der Waals surface area contributed by atoms with Crippen LogP contribution in [0.4, 0.5) is 0 Å². The number of rotatable bonds is 3. The number of nitrogens with zero attached hydrogens (tertiary/aromatic N) is 1. The average Bonchev–Trinajstić information content (AvgIpc) is 3.16. The number of thiophene rings is 1. The highest BCUT2D eigenvalue weighted by atomic mass is 32.1. The molecule has 20 heavy (non-hydrogen) atoms. The summed E-state index contributed by atoms with van der Waals surface area (Å²) in [5.41, 5.74) is 0.781. The van der Waals surface area contributed by atoms with Crippen molar-refractivity contribution in [3.05, 3.63) is 64.4 Å². The van der Waals surface area contributed by atoms with Crippen LogP contribution in [-0.4, -0.2) is 23.4 Å². The van der Waals surface area contributed by atoms with E-state index in [0.717, 1.165) is 24.9 Å². The van der Waals surface area contributed by atoms with E-state index in [1.807, 2.05) is 41.3 Å². The van der Waals surface area contributed by atoms with Gasteiger partial charge in [-0.05, 0) is 42.5 Å². The summed E-state index contributed by atoms with van der Waals surface area (Å²) in [6, 6.07) is 13.9. The van der Waals surface area contributed by atoms with Gasteiger partial charge in [-0.15, -0.1) is 11.3 Å². The summed E-state index contributed by atoms with van der Waals surface area (Å²) in [7, 11) is 0. The first kappa shape index (κ1) is 13.1. The van der Waals surface area contributed by atoms with Gasteiger partial charge in [-0.1, -0.05) is 30.3 Å². The average molecular weight is 283 g/mol. The third-order valence-electron chi connectivity index (χ3n) is 3.61. The van der Waals surface area contributed by atoms with Gasteiger partial charge < -0.3 is 4.90 Å². The Balaban J connectivity index is 1.74. The normalized spacial score (nSPS) is 18.8. The van der Waals surface area contributed by atoms with Crippen LogP contribution in [0, 0.1) is 0 Å². The number of hydrogen-bond acceptors (Lipinski definition) is 2. The molecule has 2 aromatic rings. The van der Waals surface area contributed by atoms with Crippen molar-refractivity contribution in [3.63, 3.8) is 0 Å². The molecule has 0 N–H and O–H groups in total. The van der Waals surface area contributed by atoms with E-state index in [9.17, 15) is 4.79 Å². The van der Waals surface area contributed by atoms with Crippen LogP contribution in [0.15, 0.2) is 53.9 Å². The molecular weight excluding hydrogens is 266 g/mol. The van der Waals surface area contributed by atoms with Gasteiger partial charge in [-0.3, -0.25) is 4.79 Å². The second-order valence-electron chi connectivity index (χ2n) is 4.95. The van der Waals surface area contributed by atoms with E-state index in [-0.39, 0.29) is 11.9 Å². The van der Waals surface area contributed by atoms with Crippen LogP contribution in [0.3, 0.4) is 0 Å². The Labute approximate surface area is 123 Å². The molecule has 0 radical (unpaired) electrons. The zero-order valence-corrected chi connectivity index (χ0v) is 12.1. The molecule has 3 heteroatoms. The molecule has 0 spiro atoms. The molecule has 1 amide bonds. The Kier molecular flexibility index (Phi) is 3.97. The van der Waals surface area contributed by atoms with E-state index in [2.05, 4.69) is 23.6 Å². The molecule has 1 aliphatic rings. The highest BCUT2D eigenvalue weighted by molar-refractivity contribution is 7.10. The molecule has 1 aliphatic heterocycles. The van der Waals surface area contributed by atoms with Crippen LogP contribution in [0.25, 0.3) is 6.08 Å². The highest BCUT2D eigenvalue weighted by Crippen LogP contribution is 2.22. The lowest BCUT2D eigenvalue weighted by Gasteiger charge is -2.22. The second-order valence-corrected chi connectivity index (χ2v) is 5.93. The van der Waals surface area contributed by atoms with Gasteiger partial charge in [0.15, 0.2) is 0 Å². The molecular formula is C17H17NOS. The van der Waals surface area contributed by atoms with Crippen molar-refractivity contribution < 1.29 is 4.79 Å². The topological polar surface area (TPSA) is 20.3 Å². The van der Waals surface area contributed by atoms with E-state index in [4.69, 9.17) is 0 Å². The highest BCUT2D eigenvalue weighted by Gasteiger charge is 2.27. The summed E-state index contributed by atoms with van der Waals surface area (Å²) >= 11 is 1.72. The minimum atomic E-state index is 0.143. The lowest BCUT2D eigenvalue weighted by molar-refractivity contribution is 0.0762. The first-order chi connectivity index (χ1) is 9.84. The summed E-state index contributed by atoms with van der Waals surface area (Å²) < 4.78 is 0. The van der Waals surface area contributed by atoms with Crippen molar-refractivity contribution in [2.45, 2.75) is 18.9 Å².